The van der Waals surface area contributed by atoms with Crippen molar-refractivity contribution in [2.75, 3.05) is 26.6 Å². The normalized spacial score (nSPS) is 11.7. The second-order valence-electron chi connectivity index (χ2n) is 6.88. The van der Waals surface area contributed by atoms with E-state index in [0.29, 0.717) is 33.7 Å². The highest BCUT2D eigenvalue weighted by atomic mass is 35.5. The fourth-order valence-electron chi connectivity index (χ4n) is 3.21. The van der Waals surface area contributed by atoms with Gasteiger partial charge in [0.2, 0.25) is 5.91 Å². The number of benzene rings is 2. The van der Waals surface area contributed by atoms with Crippen molar-refractivity contribution in [2.24, 2.45) is 7.05 Å². The van der Waals surface area contributed by atoms with E-state index in [1.807, 2.05) is 6.07 Å². The van der Waals surface area contributed by atoms with Crippen LogP contribution in [0, 0.1) is 0 Å². The number of anilines is 1. The van der Waals surface area contributed by atoms with Gasteiger partial charge in [-0.25, -0.2) is 0 Å². The largest absolute Gasteiger partial charge is 0.497 e. The van der Waals surface area contributed by atoms with Crippen molar-refractivity contribution in [1.29, 1.82) is 0 Å². The van der Waals surface area contributed by atoms with Gasteiger partial charge in [0.25, 0.3) is 5.91 Å². The van der Waals surface area contributed by atoms with Crippen LogP contribution >= 0.6 is 11.6 Å². The third-order valence-electron chi connectivity index (χ3n) is 4.95. The van der Waals surface area contributed by atoms with Gasteiger partial charge in [-0.05, 0) is 31.2 Å². The zero-order valence-electron chi connectivity index (χ0n) is 17.9. The van der Waals surface area contributed by atoms with Crippen LogP contribution in [-0.2, 0) is 11.8 Å². The Morgan fingerprint density at radius 3 is 2.32 bits per heavy atom. The Balaban J connectivity index is 1.77. The Morgan fingerprint density at radius 2 is 1.71 bits per heavy atom. The van der Waals surface area contributed by atoms with E-state index in [-0.39, 0.29) is 5.91 Å². The molecule has 1 unspecified atom stereocenters. The van der Waals surface area contributed by atoms with Gasteiger partial charge in [0.15, 0.2) is 0 Å². The van der Waals surface area contributed by atoms with Gasteiger partial charge in [-0.1, -0.05) is 11.6 Å². The Bertz CT molecular complexity index is 1140. The monoisotopic (exact) mass is 445 g/mol. The number of ether oxygens (including phenoxy) is 3. The third-order valence-corrected chi connectivity index (χ3v) is 5.24. The zero-order valence-corrected chi connectivity index (χ0v) is 18.7. The molecule has 0 spiro atoms. The van der Waals surface area contributed by atoms with Gasteiger partial charge in [-0.3, -0.25) is 9.59 Å². The molecule has 0 radical (unpaired) electrons. The molecule has 2 aromatic carbocycles. The van der Waals surface area contributed by atoms with E-state index in [2.05, 4.69) is 10.6 Å². The Morgan fingerprint density at radius 1 is 1.00 bits per heavy atom. The number of carbonyl (C=O) groups excluding carboxylic acids is 2. The van der Waals surface area contributed by atoms with E-state index in [1.165, 1.54) is 7.11 Å². The van der Waals surface area contributed by atoms with Gasteiger partial charge in [0, 0.05) is 30.3 Å². The minimum Gasteiger partial charge on any atom is -0.497 e. The van der Waals surface area contributed by atoms with Crippen molar-refractivity contribution in [3.8, 4) is 17.2 Å². The molecule has 0 saturated heterocycles. The molecule has 31 heavy (non-hydrogen) atoms. The molecule has 9 heteroatoms. The Hall–Kier alpha value is -3.39. The maximum atomic E-state index is 12.9. The molecule has 8 nitrogen and oxygen atoms in total. The predicted octanol–water partition coefficient (Wildman–Crippen LogP) is 3.61. The average molecular weight is 446 g/mol. The molecule has 1 heterocycles. The molecule has 2 amide bonds. The van der Waals surface area contributed by atoms with Crippen molar-refractivity contribution in [3.05, 3.63) is 47.1 Å². The molecule has 0 saturated carbocycles. The number of halogens is 1. The Kier molecular flexibility index (Phi) is 6.60. The highest BCUT2D eigenvalue weighted by molar-refractivity contribution is 6.32. The zero-order chi connectivity index (χ0) is 22.7. The summed E-state index contributed by atoms with van der Waals surface area (Å²) in [6, 6.07) is 9.40. The number of hydrogen-bond donors (Lipinski definition) is 2. The molecular weight excluding hydrogens is 422 g/mol. The molecule has 3 rings (SSSR count). The van der Waals surface area contributed by atoms with Crippen molar-refractivity contribution < 1.29 is 23.8 Å². The van der Waals surface area contributed by atoms with Gasteiger partial charge in [-0.2, -0.15) is 0 Å². The topological polar surface area (TPSA) is 90.8 Å². The molecule has 0 aliphatic rings. The number of aromatic nitrogens is 1. The smallest absolute Gasteiger partial charge is 0.268 e. The fraction of sp³-hybridized carbons (Fsp3) is 0.273. The summed E-state index contributed by atoms with van der Waals surface area (Å²) in [5, 5.41) is 6.58. The lowest BCUT2D eigenvalue weighted by Gasteiger charge is -2.15. The third kappa shape index (κ3) is 4.54. The van der Waals surface area contributed by atoms with E-state index < -0.39 is 11.9 Å². The van der Waals surface area contributed by atoms with Crippen LogP contribution in [0.2, 0.25) is 5.02 Å². The average Bonchev–Trinajstić information content (AvgIpc) is 3.09. The van der Waals surface area contributed by atoms with E-state index in [9.17, 15) is 9.59 Å². The summed E-state index contributed by atoms with van der Waals surface area (Å²) in [7, 11) is 6.39. The van der Waals surface area contributed by atoms with Crippen molar-refractivity contribution in [2.45, 2.75) is 13.0 Å². The fourth-order valence-corrected chi connectivity index (χ4v) is 3.47. The summed E-state index contributed by atoms with van der Waals surface area (Å²) in [4.78, 5) is 25.4. The van der Waals surface area contributed by atoms with E-state index in [1.54, 1.807) is 63.1 Å². The second kappa shape index (κ2) is 9.18. The van der Waals surface area contributed by atoms with Crippen molar-refractivity contribution in [3.63, 3.8) is 0 Å². The minimum atomic E-state index is -0.789. The van der Waals surface area contributed by atoms with Crippen LogP contribution < -0.4 is 24.8 Å². The summed E-state index contributed by atoms with van der Waals surface area (Å²) >= 11 is 6.09. The quantitative estimate of drug-likeness (QED) is 0.579. The molecule has 0 fully saturated rings. The van der Waals surface area contributed by atoms with E-state index in [0.717, 1.165) is 10.9 Å². The van der Waals surface area contributed by atoms with Gasteiger partial charge in [0.1, 0.15) is 29.0 Å². The van der Waals surface area contributed by atoms with Crippen LogP contribution in [0.1, 0.15) is 17.4 Å². The number of nitrogens with one attached hydrogen (secondary N) is 2. The van der Waals surface area contributed by atoms with Gasteiger partial charge < -0.3 is 29.4 Å². The molecule has 0 bridgehead atoms. The van der Waals surface area contributed by atoms with Crippen molar-refractivity contribution in [1.82, 2.24) is 9.88 Å². The molecule has 1 aromatic heterocycles. The maximum Gasteiger partial charge on any atom is 0.268 e. The van der Waals surface area contributed by atoms with E-state index >= 15 is 0 Å². The number of nitrogens with zero attached hydrogens (tertiary/aromatic N) is 1. The van der Waals surface area contributed by atoms with Crippen LogP contribution in [0.5, 0.6) is 17.2 Å². The lowest BCUT2D eigenvalue weighted by molar-refractivity contribution is -0.117. The van der Waals surface area contributed by atoms with Crippen molar-refractivity contribution >= 4 is 40.0 Å². The number of rotatable bonds is 7. The van der Waals surface area contributed by atoms with Crippen LogP contribution in [0.25, 0.3) is 10.9 Å². The summed E-state index contributed by atoms with van der Waals surface area (Å²) in [6.45, 7) is 1.60. The first-order valence-corrected chi connectivity index (χ1v) is 9.83. The van der Waals surface area contributed by atoms with Gasteiger partial charge >= 0.3 is 0 Å². The van der Waals surface area contributed by atoms with E-state index in [4.69, 9.17) is 25.8 Å². The number of hydrogen-bond acceptors (Lipinski definition) is 5. The number of fused-ring (bicyclic) bond motifs is 1. The molecule has 3 aromatic rings. The predicted molar refractivity (Wildman–Crippen MR) is 120 cm³/mol. The SMILES string of the molecule is COc1cc(OC)c2cc(C(=O)NC(C)C(=O)Nc3ccc(OC)c(Cl)c3)n(C)c2c1. The summed E-state index contributed by atoms with van der Waals surface area (Å²) in [5.41, 5.74) is 1.65. The first-order valence-electron chi connectivity index (χ1n) is 9.45. The molecule has 164 valence electrons. The van der Waals surface area contributed by atoms with Crippen LogP contribution in [-0.4, -0.2) is 43.8 Å². The first-order chi connectivity index (χ1) is 14.8. The van der Waals surface area contributed by atoms with Gasteiger partial charge in [-0.15, -0.1) is 0 Å². The first kappa shape index (κ1) is 22.3. The molecule has 1 atom stereocenters. The number of methoxy groups -OCH3 is 3. The molecule has 2 N–H and O–H groups in total. The summed E-state index contributed by atoms with van der Waals surface area (Å²) in [6.07, 6.45) is 0. The highest BCUT2D eigenvalue weighted by Crippen LogP contribution is 2.33. The van der Waals surface area contributed by atoms with Crippen LogP contribution in [0.4, 0.5) is 5.69 Å². The second-order valence-corrected chi connectivity index (χ2v) is 7.29. The lowest BCUT2D eigenvalue weighted by atomic mass is 10.2. The molecular formula is C22H24ClN3O5. The molecule has 0 aliphatic carbocycles. The molecule has 0 aliphatic heterocycles. The maximum absolute atomic E-state index is 12.9. The number of aryl methyl sites for hydroxylation is 1. The number of amides is 2. The summed E-state index contributed by atoms with van der Waals surface area (Å²) in [5.74, 6) is 0.932. The number of carbonyl (C=O) groups is 2. The minimum absolute atomic E-state index is 0.372. The standard InChI is InChI=1S/C22H24ClN3O5/c1-12(21(27)25-13-6-7-19(30-4)16(23)8-13)24-22(28)18-11-15-17(26(18)2)9-14(29-3)10-20(15)31-5/h6-12H,1-5H3,(H,24,28)(H,25,27). The summed E-state index contributed by atoms with van der Waals surface area (Å²) < 4.78 is 17.5. The Labute approximate surface area is 185 Å². The lowest BCUT2D eigenvalue weighted by Crippen LogP contribution is -2.42. The van der Waals surface area contributed by atoms with Crippen LogP contribution in [0.15, 0.2) is 36.4 Å². The van der Waals surface area contributed by atoms with Gasteiger partial charge in [0.05, 0.1) is 31.9 Å². The highest BCUT2D eigenvalue weighted by Gasteiger charge is 2.21. The van der Waals surface area contributed by atoms with Crippen LogP contribution in [0.3, 0.4) is 0 Å².